The zero-order chi connectivity index (χ0) is 31.6. The number of piperazine rings is 1. The molecule has 0 spiro atoms. The third-order valence-corrected chi connectivity index (χ3v) is 8.72. The molecule has 0 saturated carbocycles. The highest BCUT2D eigenvalue weighted by Crippen LogP contribution is 2.48. The summed E-state index contributed by atoms with van der Waals surface area (Å²) in [5, 5.41) is 4.86. The molecule has 2 amide bonds. The number of rotatable bonds is 3. The van der Waals surface area contributed by atoms with E-state index in [2.05, 4.69) is 10.2 Å². The molecular weight excluding hydrogens is 577 g/mol. The third kappa shape index (κ3) is 5.24. The molecule has 3 aliphatic heterocycles. The minimum Gasteiger partial charge on any atom is -0.451 e. The molecule has 11 heteroatoms. The van der Waals surface area contributed by atoms with Gasteiger partial charge in [0.1, 0.15) is 22.4 Å². The van der Waals surface area contributed by atoms with Crippen LogP contribution in [0.25, 0.3) is 27.4 Å². The first kappa shape index (κ1) is 29.1. The summed E-state index contributed by atoms with van der Waals surface area (Å²) in [6, 6.07) is 12.6. The van der Waals surface area contributed by atoms with E-state index >= 15 is 4.39 Å². The SMILES string of the molecule is CN1CCN(C(=O)c2cn3c4c(c(N5CCC(NC(=O)OC(C)(C)C)C5)c(F)cc4c2=O)Oc2cc4ccccc4cc2-3)CC1. The molecule has 7 rings (SSSR count). The van der Waals surface area contributed by atoms with Crippen LogP contribution in [0.1, 0.15) is 37.6 Å². The van der Waals surface area contributed by atoms with E-state index in [4.69, 9.17) is 9.47 Å². The van der Waals surface area contributed by atoms with Crippen LogP contribution in [0.3, 0.4) is 0 Å². The summed E-state index contributed by atoms with van der Waals surface area (Å²) in [5.74, 6) is -0.304. The highest BCUT2D eigenvalue weighted by molar-refractivity contribution is 6.02. The van der Waals surface area contributed by atoms with Crippen LogP contribution in [-0.2, 0) is 4.74 Å². The number of nitrogens with one attached hydrogen (secondary N) is 1. The van der Waals surface area contributed by atoms with Crippen molar-refractivity contribution in [1.29, 1.82) is 0 Å². The number of hydrogen-bond acceptors (Lipinski definition) is 7. The number of amides is 2. The average Bonchev–Trinajstić information content (AvgIpc) is 3.44. The summed E-state index contributed by atoms with van der Waals surface area (Å²) >= 11 is 0. The Morgan fingerprint density at radius 1 is 1.02 bits per heavy atom. The Balaban J connectivity index is 1.35. The number of alkyl carbamates (subject to hydrolysis) is 1. The lowest BCUT2D eigenvalue weighted by Crippen LogP contribution is -2.48. The molecule has 4 aromatic rings. The molecule has 1 N–H and O–H groups in total. The summed E-state index contributed by atoms with van der Waals surface area (Å²) in [6.45, 7) is 8.59. The van der Waals surface area contributed by atoms with E-state index in [1.807, 2.05) is 48.3 Å². The summed E-state index contributed by atoms with van der Waals surface area (Å²) in [4.78, 5) is 45.8. The predicted molar refractivity (Wildman–Crippen MR) is 170 cm³/mol. The van der Waals surface area contributed by atoms with Gasteiger partial charge in [-0.2, -0.15) is 0 Å². The second-order valence-electron chi connectivity index (χ2n) is 13.1. The Labute approximate surface area is 259 Å². The Bertz CT molecular complexity index is 1920. The van der Waals surface area contributed by atoms with Gasteiger partial charge in [0.25, 0.3) is 5.91 Å². The fourth-order valence-corrected chi connectivity index (χ4v) is 6.47. The molecule has 1 aromatic heterocycles. The average molecular weight is 614 g/mol. The monoisotopic (exact) mass is 613 g/mol. The van der Waals surface area contributed by atoms with Crippen LogP contribution in [0, 0.1) is 5.82 Å². The van der Waals surface area contributed by atoms with Crippen LogP contribution in [0.5, 0.6) is 11.5 Å². The van der Waals surface area contributed by atoms with E-state index < -0.39 is 22.9 Å². The molecule has 2 fully saturated rings. The first-order valence-electron chi connectivity index (χ1n) is 15.3. The van der Waals surface area contributed by atoms with E-state index in [-0.39, 0.29) is 34.3 Å². The van der Waals surface area contributed by atoms with Gasteiger partial charge in [-0.1, -0.05) is 24.3 Å². The van der Waals surface area contributed by atoms with Crippen LogP contribution < -0.4 is 20.4 Å². The van der Waals surface area contributed by atoms with Gasteiger partial charge in [-0.25, -0.2) is 9.18 Å². The second kappa shape index (κ2) is 10.8. The number of likely N-dealkylation sites (N-methyl/N-ethyl adjacent to an activating group) is 1. The lowest BCUT2D eigenvalue weighted by atomic mass is 10.0. The number of halogens is 1. The van der Waals surface area contributed by atoms with Gasteiger partial charge in [-0.15, -0.1) is 0 Å². The van der Waals surface area contributed by atoms with Gasteiger partial charge in [0.05, 0.1) is 17.1 Å². The number of carbonyl (C=O) groups excluding carboxylic acids is 2. The summed E-state index contributed by atoms with van der Waals surface area (Å²) < 4.78 is 30.0. The van der Waals surface area contributed by atoms with Crippen molar-refractivity contribution in [3.8, 4) is 17.2 Å². The van der Waals surface area contributed by atoms with Crippen molar-refractivity contribution < 1.29 is 23.5 Å². The number of anilines is 1. The Morgan fingerprint density at radius 3 is 2.44 bits per heavy atom. The number of carbonyl (C=O) groups is 2. The van der Waals surface area contributed by atoms with Crippen LogP contribution in [0.2, 0.25) is 0 Å². The Kier molecular flexibility index (Phi) is 6.96. The fourth-order valence-electron chi connectivity index (χ4n) is 6.47. The first-order valence-corrected chi connectivity index (χ1v) is 15.3. The number of hydrogen-bond donors (Lipinski definition) is 1. The van der Waals surface area contributed by atoms with Crippen molar-refractivity contribution in [3.05, 3.63) is 70.3 Å². The molecule has 0 bridgehead atoms. The van der Waals surface area contributed by atoms with Crippen LogP contribution in [-0.4, -0.2) is 84.3 Å². The zero-order valence-electron chi connectivity index (χ0n) is 25.9. The van der Waals surface area contributed by atoms with Crippen LogP contribution in [0.15, 0.2) is 53.5 Å². The Morgan fingerprint density at radius 2 is 1.73 bits per heavy atom. The van der Waals surface area contributed by atoms with Gasteiger partial charge in [0.2, 0.25) is 5.43 Å². The molecule has 3 aliphatic rings. The number of aromatic nitrogens is 1. The van der Waals surface area contributed by atoms with Crippen molar-refractivity contribution in [3.63, 3.8) is 0 Å². The van der Waals surface area contributed by atoms with E-state index in [0.717, 1.165) is 10.8 Å². The van der Waals surface area contributed by atoms with Gasteiger partial charge in [0.15, 0.2) is 17.3 Å². The minimum atomic E-state index is -0.642. The fraction of sp³-hybridized carbons (Fsp3) is 0.382. The molecule has 1 atom stereocenters. The molecule has 3 aromatic carbocycles. The van der Waals surface area contributed by atoms with Crippen molar-refractivity contribution >= 4 is 39.4 Å². The maximum Gasteiger partial charge on any atom is 0.407 e. The number of nitrogens with zero attached hydrogens (tertiary/aromatic N) is 4. The van der Waals surface area contributed by atoms with E-state index in [9.17, 15) is 14.4 Å². The minimum absolute atomic E-state index is 0.00559. The van der Waals surface area contributed by atoms with Gasteiger partial charge in [-0.3, -0.25) is 9.59 Å². The summed E-state index contributed by atoms with van der Waals surface area (Å²) in [7, 11) is 2.00. The molecule has 45 heavy (non-hydrogen) atoms. The van der Waals surface area contributed by atoms with E-state index in [1.165, 1.54) is 6.07 Å². The summed E-state index contributed by atoms with van der Waals surface area (Å²) in [5.41, 5.74) is 0.0850. The van der Waals surface area contributed by atoms with E-state index in [1.54, 1.807) is 36.4 Å². The third-order valence-electron chi connectivity index (χ3n) is 8.72. The van der Waals surface area contributed by atoms with Crippen LogP contribution >= 0.6 is 0 Å². The molecule has 10 nitrogen and oxygen atoms in total. The topological polar surface area (TPSA) is 96.4 Å². The lowest BCUT2D eigenvalue weighted by Gasteiger charge is -2.33. The van der Waals surface area contributed by atoms with E-state index in [0.29, 0.717) is 62.6 Å². The second-order valence-corrected chi connectivity index (χ2v) is 13.1. The van der Waals surface area contributed by atoms with Crippen molar-refractivity contribution in [2.75, 3.05) is 51.2 Å². The van der Waals surface area contributed by atoms with Gasteiger partial charge in [0, 0.05) is 45.5 Å². The van der Waals surface area contributed by atoms with Crippen molar-refractivity contribution in [2.24, 2.45) is 0 Å². The van der Waals surface area contributed by atoms with Crippen LogP contribution in [0.4, 0.5) is 14.9 Å². The summed E-state index contributed by atoms with van der Waals surface area (Å²) in [6.07, 6.45) is 1.63. The molecule has 1 unspecified atom stereocenters. The molecule has 0 radical (unpaired) electrons. The number of pyridine rings is 1. The van der Waals surface area contributed by atoms with Gasteiger partial charge in [-0.05, 0) is 63.2 Å². The molecule has 2 saturated heterocycles. The lowest BCUT2D eigenvalue weighted by molar-refractivity contribution is 0.0508. The van der Waals surface area contributed by atoms with Crippen molar-refractivity contribution in [2.45, 2.75) is 38.8 Å². The largest absolute Gasteiger partial charge is 0.451 e. The van der Waals surface area contributed by atoms with Gasteiger partial charge >= 0.3 is 6.09 Å². The predicted octanol–water partition coefficient (Wildman–Crippen LogP) is 4.88. The Hall–Kier alpha value is -4.64. The maximum absolute atomic E-state index is 16.2. The highest BCUT2D eigenvalue weighted by atomic mass is 19.1. The van der Waals surface area contributed by atoms with Crippen molar-refractivity contribution in [1.82, 2.24) is 19.7 Å². The van der Waals surface area contributed by atoms with Gasteiger partial charge < -0.3 is 34.1 Å². The molecule has 234 valence electrons. The smallest absolute Gasteiger partial charge is 0.407 e. The first-order chi connectivity index (χ1) is 21.5. The number of ether oxygens (including phenoxy) is 2. The molecule has 4 heterocycles. The molecule has 0 aliphatic carbocycles. The normalized spacial score (nSPS) is 18.2. The standard InChI is InChI=1S/C34H36FN5O5/c1-34(2,3)45-33(43)36-22-9-10-39(18-22)29-25(35)17-23-28-31(29)44-27-16-21-8-6-5-7-20(21)15-26(27)40(28)19-24(30(23)41)32(42)38-13-11-37(4)12-14-38/h5-8,15-17,19,22H,9-14,18H2,1-4H3,(H,36,43). The highest BCUT2D eigenvalue weighted by Gasteiger charge is 2.35. The maximum atomic E-state index is 16.2. The number of benzene rings is 3. The number of fused-ring (bicyclic) bond motifs is 3. The molecular formula is C34H36FN5O5. The zero-order valence-corrected chi connectivity index (χ0v) is 25.9. The quantitative estimate of drug-likeness (QED) is 0.310.